The Balaban J connectivity index is 3.25. The topological polar surface area (TPSA) is 35.5 Å². The van der Waals surface area contributed by atoms with Crippen LogP contribution in [0.2, 0.25) is 0 Å². The van der Waals surface area contributed by atoms with Gasteiger partial charge in [0, 0.05) is 0 Å². The first-order chi connectivity index (χ1) is 3.66. The number of hydrogen-bond acceptors (Lipinski definition) is 3. The molecule has 0 radical (unpaired) electrons. The van der Waals surface area contributed by atoms with Crippen LogP contribution in [-0.2, 0) is 28.6 Å². The van der Waals surface area contributed by atoms with E-state index in [1.807, 2.05) is 13.8 Å². The average molecular weight is 154 g/mol. The van der Waals surface area contributed by atoms with E-state index in [1.54, 1.807) is 0 Å². The molecule has 0 unspecified atom stereocenters. The fourth-order valence-electron chi connectivity index (χ4n) is 0.241. The molecule has 0 spiro atoms. The Morgan fingerprint density at radius 2 is 2.00 bits per heavy atom. The van der Waals surface area contributed by atoms with Gasteiger partial charge in [-0.1, -0.05) is 0 Å². The van der Waals surface area contributed by atoms with Crippen LogP contribution in [0.25, 0.3) is 0 Å². The van der Waals surface area contributed by atoms with E-state index in [9.17, 15) is 3.32 Å². The van der Waals surface area contributed by atoms with Crippen molar-refractivity contribution in [2.24, 2.45) is 0 Å². The Kier molecular flexibility index (Phi) is 4.56. The fourth-order valence-corrected chi connectivity index (χ4v) is 0.992. The van der Waals surface area contributed by atoms with E-state index >= 15 is 0 Å². The Bertz CT molecular complexity index is 81.4. The second kappa shape index (κ2) is 4.33. The predicted octanol–water partition coefficient (Wildman–Crippen LogP) is 0.851. The maximum absolute atomic E-state index is 10.4. The second-order valence-corrected chi connectivity index (χ2v) is 3.41. The summed E-state index contributed by atoms with van der Waals surface area (Å²) < 4.78 is 19.7. The molecule has 48 valence electrons. The van der Waals surface area contributed by atoms with Crippen LogP contribution in [0.1, 0.15) is 13.8 Å². The molecule has 0 atom stereocenters. The van der Waals surface area contributed by atoms with E-state index in [0.29, 0.717) is 0 Å². The van der Waals surface area contributed by atoms with Crippen LogP contribution in [0.5, 0.6) is 0 Å². The summed E-state index contributed by atoms with van der Waals surface area (Å²) in [5.41, 5.74) is 0. The van der Waals surface area contributed by atoms with Crippen LogP contribution in [-0.4, -0.2) is 13.2 Å². The van der Waals surface area contributed by atoms with Crippen LogP contribution in [0.3, 0.4) is 0 Å². The first-order valence-electron chi connectivity index (χ1n) is 2.41. The zero-order valence-electron chi connectivity index (χ0n) is 5.30. The van der Waals surface area contributed by atoms with Crippen LogP contribution >= 0.6 is 0 Å². The Labute approximate surface area is 56.1 Å². The van der Waals surface area contributed by atoms with Crippen molar-refractivity contribution in [3.63, 3.8) is 0 Å². The van der Waals surface area contributed by atoms with Gasteiger partial charge in [-0.3, -0.25) is 0 Å². The molecule has 0 aliphatic heterocycles. The molecule has 0 aromatic carbocycles. The predicted molar refractivity (Wildman–Crippen MR) is 23.9 cm³/mol. The molecule has 0 N–H and O–H groups in total. The van der Waals surface area contributed by atoms with Crippen molar-refractivity contribution < 1.29 is 28.6 Å². The Morgan fingerprint density at radius 3 is 2.12 bits per heavy atom. The molecule has 8 heavy (non-hydrogen) atoms. The molecule has 0 aliphatic carbocycles. The third kappa shape index (κ3) is 4.59. The summed E-state index contributed by atoms with van der Waals surface area (Å²) in [6.07, 6.45) is 0.0162. The fraction of sp³-hybridized carbons (Fsp3) is 1.00. The monoisotopic (exact) mass is 154 g/mol. The SMILES string of the molecule is C[O][Ti](=[O])[O]C(C)C. The van der Waals surface area contributed by atoms with Crippen molar-refractivity contribution in [1.29, 1.82) is 0 Å². The van der Waals surface area contributed by atoms with Gasteiger partial charge >= 0.3 is 55.6 Å². The molecule has 0 aromatic heterocycles. The van der Waals surface area contributed by atoms with Gasteiger partial charge < -0.3 is 0 Å². The van der Waals surface area contributed by atoms with Gasteiger partial charge in [0.1, 0.15) is 0 Å². The van der Waals surface area contributed by atoms with Crippen molar-refractivity contribution in [3.05, 3.63) is 0 Å². The van der Waals surface area contributed by atoms with Crippen molar-refractivity contribution in [1.82, 2.24) is 0 Å². The van der Waals surface area contributed by atoms with E-state index in [-0.39, 0.29) is 6.10 Å². The summed E-state index contributed by atoms with van der Waals surface area (Å²) in [5, 5.41) is 0. The van der Waals surface area contributed by atoms with Gasteiger partial charge in [0.05, 0.1) is 0 Å². The van der Waals surface area contributed by atoms with Crippen molar-refractivity contribution >= 4 is 0 Å². The minimum atomic E-state index is -2.72. The summed E-state index contributed by atoms with van der Waals surface area (Å²) in [6.45, 7) is 3.65. The zero-order valence-corrected chi connectivity index (χ0v) is 6.86. The molecule has 0 aliphatic rings. The van der Waals surface area contributed by atoms with Gasteiger partial charge in [0.2, 0.25) is 0 Å². The number of hydrogen-bond donors (Lipinski definition) is 0. The summed E-state index contributed by atoms with van der Waals surface area (Å²) in [7, 11) is 1.39. The normalized spacial score (nSPS) is 10.0. The first kappa shape index (κ1) is 8.43. The summed E-state index contributed by atoms with van der Waals surface area (Å²) in [4.78, 5) is 0. The quantitative estimate of drug-likeness (QED) is 0.565. The summed E-state index contributed by atoms with van der Waals surface area (Å²) in [5.74, 6) is 0. The molecule has 0 saturated carbocycles. The van der Waals surface area contributed by atoms with Gasteiger partial charge in [0.15, 0.2) is 0 Å². The number of rotatable bonds is 3. The maximum atomic E-state index is 10.4. The molecule has 3 nitrogen and oxygen atoms in total. The van der Waals surface area contributed by atoms with Crippen molar-refractivity contribution in [2.75, 3.05) is 7.11 Å². The molecular formula is C4H10O3Ti. The standard InChI is InChI=1S/C3H7O.CH3O.O.Ti/c1-3(2)4;1-2;;/h3H,1-2H3;1H3;;/q2*-1;;+2. The third-order valence-electron chi connectivity index (χ3n) is 0.499. The van der Waals surface area contributed by atoms with Crippen LogP contribution in [0.4, 0.5) is 0 Å². The van der Waals surface area contributed by atoms with Crippen LogP contribution in [0.15, 0.2) is 0 Å². The van der Waals surface area contributed by atoms with Gasteiger partial charge in [-0.2, -0.15) is 0 Å². The molecule has 4 heteroatoms. The molecule has 0 amide bonds. The second-order valence-electron chi connectivity index (χ2n) is 1.62. The van der Waals surface area contributed by atoms with E-state index in [4.69, 9.17) is 3.32 Å². The summed E-state index contributed by atoms with van der Waals surface area (Å²) >= 11 is -2.72. The minimum absolute atomic E-state index is 0.0162. The molecule has 0 aromatic rings. The first-order valence-corrected chi connectivity index (χ1v) is 4.32. The Morgan fingerprint density at radius 1 is 1.50 bits per heavy atom. The van der Waals surface area contributed by atoms with Crippen molar-refractivity contribution in [3.8, 4) is 0 Å². The Hall–Kier alpha value is 0.434. The van der Waals surface area contributed by atoms with E-state index in [0.717, 1.165) is 0 Å². The van der Waals surface area contributed by atoms with E-state index in [1.165, 1.54) is 7.11 Å². The van der Waals surface area contributed by atoms with Gasteiger partial charge in [0.25, 0.3) is 0 Å². The van der Waals surface area contributed by atoms with Gasteiger partial charge in [-0.05, 0) is 0 Å². The van der Waals surface area contributed by atoms with Crippen molar-refractivity contribution in [2.45, 2.75) is 20.0 Å². The zero-order chi connectivity index (χ0) is 6.57. The average Bonchev–Trinajstić information content (AvgIpc) is 1.65. The van der Waals surface area contributed by atoms with E-state index in [2.05, 4.69) is 3.32 Å². The molecule has 0 heterocycles. The molecular weight excluding hydrogens is 144 g/mol. The van der Waals surface area contributed by atoms with Gasteiger partial charge in [-0.25, -0.2) is 0 Å². The van der Waals surface area contributed by atoms with Gasteiger partial charge in [-0.15, -0.1) is 0 Å². The van der Waals surface area contributed by atoms with Crippen LogP contribution < -0.4 is 0 Å². The molecule has 0 fully saturated rings. The molecule has 0 bridgehead atoms. The third-order valence-corrected chi connectivity index (χ3v) is 2.06. The van der Waals surface area contributed by atoms with Crippen LogP contribution in [0, 0.1) is 0 Å². The van der Waals surface area contributed by atoms with E-state index < -0.39 is 18.6 Å². The molecule has 0 saturated heterocycles. The molecule has 0 rings (SSSR count). The summed E-state index contributed by atoms with van der Waals surface area (Å²) in [6, 6.07) is 0.